The minimum atomic E-state index is -0.613. The van der Waals surface area contributed by atoms with Crippen LogP contribution in [0.2, 0.25) is 5.02 Å². The van der Waals surface area contributed by atoms with Gasteiger partial charge >= 0.3 is 5.97 Å². The Morgan fingerprint density at radius 1 is 0.897 bits per heavy atom. The molecule has 0 aliphatic rings. The van der Waals surface area contributed by atoms with Crippen molar-refractivity contribution in [2.24, 2.45) is 0 Å². The van der Waals surface area contributed by atoms with E-state index in [9.17, 15) is 9.59 Å². The quantitative estimate of drug-likeness (QED) is 0.438. The summed E-state index contributed by atoms with van der Waals surface area (Å²) < 4.78 is 5.01. The maximum Gasteiger partial charge on any atom is 0.331 e. The summed E-state index contributed by atoms with van der Waals surface area (Å²) in [6.07, 6.45) is 3.49. The molecule has 0 atom stereocenters. The van der Waals surface area contributed by atoms with Gasteiger partial charge in [-0.3, -0.25) is 4.79 Å². The molecule has 1 N–H and O–H groups in total. The molecule has 0 aliphatic heterocycles. The first-order chi connectivity index (χ1) is 14.1. The van der Waals surface area contributed by atoms with Gasteiger partial charge in [0, 0.05) is 16.8 Å². The largest absolute Gasteiger partial charge is 0.452 e. The lowest BCUT2D eigenvalue weighted by Gasteiger charge is -2.11. The summed E-state index contributed by atoms with van der Waals surface area (Å²) >= 11 is 6.03. The lowest BCUT2D eigenvalue weighted by molar-refractivity contribution is -0.142. The minimum Gasteiger partial charge on any atom is -0.452 e. The van der Waals surface area contributed by atoms with E-state index in [2.05, 4.69) is 5.32 Å². The van der Waals surface area contributed by atoms with Crippen molar-refractivity contribution in [2.75, 3.05) is 11.9 Å². The Balaban J connectivity index is 1.54. The number of esters is 1. The van der Waals surface area contributed by atoms with Crippen molar-refractivity contribution < 1.29 is 14.3 Å². The topological polar surface area (TPSA) is 55.4 Å². The molecule has 0 spiro atoms. The molecule has 3 aromatic carbocycles. The van der Waals surface area contributed by atoms with Crippen LogP contribution in [-0.2, 0) is 20.7 Å². The number of rotatable bonds is 7. The van der Waals surface area contributed by atoms with Crippen molar-refractivity contribution in [3.63, 3.8) is 0 Å². The fraction of sp³-hybridized carbons (Fsp3) is 0.0833. The van der Waals surface area contributed by atoms with Crippen molar-refractivity contribution >= 4 is 35.2 Å². The van der Waals surface area contributed by atoms with Crippen LogP contribution in [0.1, 0.15) is 16.7 Å². The number of nitrogens with one attached hydrogen (secondary N) is 1. The van der Waals surface area contributed by atoms with Gasteiger partial charge in [-0.15, -0.1) is 0 Å². The van der Waals surface area contributed by atoms with E-state index in [1.165, 1.54) is 6.08 Å². The zero-order valence-electron chi connectivity index (χ0n) is 15.7. The van der Waals surface area contributed by atoms with Gasteiger partial charge in [-0.05, 0) is 41.3 Å². The molecular weight excluding hydrogens is 386 g/mol. The van der Waals surface area contributed by atoms with Crippen molar-refractivity contribution in [3.8, 4) is 0 Å². The number of amides is 1. The molecule has 0 saturated carbocycles. The number of ether oxygens (including phenoxy) is 1. The van der Waals surface area contributed by atoms with E-state index in [-0.39, 0.29) is 6.61 Å². The first-order valence-electron chi connectivity index (χ1n) is 9.13. The van der Waals surface area contributed by atoms with Crippen LogP contribution in [0, 0.1) is 0 Å². The number of para-hydroxylation sites is 1. The van der Waals surface area contributed by atoms with E-state index in [0.717, 1.165) is 11.1 Å². The van der Waals surface area contributed by atoms with Crippen LogP contribution in [0.5, 0.6) is 0 Å². The summed E-state index contributed by atoms with van der Waals surface area (Å²) in [5.41, 5.74) is 3.52. The van der Waals surface area contributed by atoms with Crippen molar-refractivity contribution in [3.05, 3.63) is 107 Å². The Morgan fingerprint density at radius 3 is 2.38 bits per heavy atom. The molecule has 1 amide bonds. The Bertz CT molecular complexity index is 1020. The molecule has 0 aromatic heterocycles. The molecule has 0 saturated heterocycles. The monoisotopic (exact) mass is 405 g/mol. The second kappa shape index (κ2) is 10.2. The van der Waals surface area contributed by atoms with E-state index in [4.69, 9.17) is 16.3 Å². The number of carbonyl (C=O) groups excluding carboxylic acids is 2. The average molecular weight is 406 g/mol. The van der Waals surface area contributed by atoms with Crippen LogP contribution in [-0.4, -0.2) is 18.5 Å². The van der Waals surface area contributed by atoms with Crippen molar-refractivity contribution in [1.82, 2.24) is 0 Å². The Hall–Kier alpha value is -3.37. The van der Waals surface area contributed by atoms with Gasteiger partial charge in [-0.2, -0.15) is 0 Å². The third-order valence-electron chi connectivity index (χ3n) is 4.18. The molecule has 0 heterocycles. The summed E-state index contributed by atoms with van der Waals surface area (Å²) in [6.45, 7) is -0.370. The second-order valence-corrected chi connectivity index (χ2v) is 6.74. The molecule has 4 nitrogen and oxygen atoms in total. The van der Waals surface area contributed by atoms with E-state index < -0.39 is 11.9 Å². The van der Waals surface area contributed by atoms with E-state index in [1.54, 1.807) is 24.3 Å². The van der Waals surface area contributed by atoms with Gasteiger partial charge in [0.25, 0.3) is 5.91 Å². The molecule has 0 bridgehead atoms. The zero-order chi connectivity index (χ0) is 20.5. The van der Waals surface area contributed by atoms with Gasteiger partial charge in [-0.25, -0.2) is 4.79 Å². The first-order valence-corrected chi connectivity index (χ1v) is 9.50. The highest BCUT2D eigenvalue weighted by atomic mass is 35.5. The van der Waals surface area contributed by atoms with E-state index in [1.807, 2.05) is 60.7 Å². The molecule has 0 aliphatic carbocycles. The van der Waals surface area contributed by atoms with Gasteiger partial charge in [0.2, 0.25) is 0 Å². The van der Waals surface area contributed by atoms with E-state index >= 15 is 0 Å². The maximum absolute atomic E-state index is 12.2. The third kappa shape index (κ3) is 6.33. The Labute approximate surface area is 174 Å². The fourth-order valence-corrected chi connectivity index (χ4v) is 2.95. The van der Waals surface area contributed by atoms with Crippen LogP contribution in [0.3, 0.4) is 0 Å². The highest BCUT2D eigenvalue weighted by Crippen LogP contribution is 2.19. The van der Waals surface area contributed by atoms with Crippen molar-refractivity contribution in [1.29, 1.82) is 0 Å². The standard InChI is InChI=1S/C24H20ClNO3/c25-21-12-6-4-10-19(21)14-15-24(28)29-17-23(27)26-22-13-7-5-11-20(22)16-18-8-2-1-3-9-18/h1-15H,16-17H2,(H,26,27)/b15-14+. The van der Waals surface area contributed by atoms with Gasteiger partial charge in [-0.1, -0.05) is 78.3 Å². The number of benzene rings is 3. The maximum atomic E-state index is 12.2. The van der Waals surface area contributed by atoms with Crippen LogP contribution >= 0.6 is 11.6 Å². The highest BCUT2D eigenvalue weighted by molar-refractivity contribution is 6.32. The molecule has 29 heavy (non-hydrogen) atoms. The lowest BCUT2D eigenvalue weighted by Crippen LogP contribution is -2.20. The number of anilines is 1. The van der Waals surface area contributed by atoms with Gasteiger partial charge in [0.1, 0.15) is 0 Å². The molecule has 3 aromatic rings. The smallest absolute Gasteiger partial charge is 0.331 e. The van der Waals surface area contributed by atoms with Crippen LogP contribution < -0.4 is 5.32 Å². The van der Waals surface area contributed by atoms with Gasteiger partial charge in [0.15, 0.2) is 6.61 Å². The molecule has 146 valence electrons. The number of hydrogen-bond acceptors (Lipinski definition) is 3. The fourth-order valence-electron chi connectivity index (χ4n) is 2.75. The summed E-state index contributed by atoms with van der Waals surface area (Å²) in [4.78, 5) is 24.1. The molecular formula is C24H20ClNO3. The molecule has 0 radical (unpaired) electrons. The van der Waals surface area contributed by atoms with Gasteiger partial charge in [0.05, 0.1) is 0 Å². The number of carbonyl (C=O) groups is 2. The van der Waals surface area contributed by atoms with Gasteiger partial charge < -0.3 is 10.1 Å². The lowest BCUT2D eigenvalue weighted by atomic mass is 10.0. The molecule has 0 unspecified atom stereocenters. The highest BCUT2D eigenvalue weighted by Gasteiger charge is 2.09. The summed E-state index contributed by atoms with van der Waals surface area (Å²) in [6, 6.07) is 24.7. The van der Waals surface area contributed by atoms with Crippen molar-refractivity contribution in [2.45, 2.75) is 6.42 Å². The molecule has 0 fully saturated rings. The second-order valence-electron chi connectivity index (χ2n) is 6.33. The normalized spacial score (nSPS) is 10.7. The Kier molecular flexibility index (Phi) is 7.20. The number of hydrogen-bond donors (Lipinski definition) is 1. The molecule has 5 heteroatoms. The predicted molar refractivity (Wildman–Crippen MR) is 116 cm³/mol. The summed E-state index contributed by atoms with van der Waals surface area (Å²) in [7, 11) is 0. The molecule has 3 rings (SSSR count). The predicted octanol–water partition coefficient (Wildman–Crippen LogP) is 5.13. The summed E-state index contributed by atoms with van der Waals surface area (Å²) in [5, 5.41) is 3.34. The van der Waals surface area contributed by atoms with Crippen LogP contribution in [0.15, 0.2) is 84.9 Å². The number of halogens is 1. The van der Waals surface area contributed by atoms with E-state index in [0.29, 0.717) is 22.7 Å². The van der Waals surface area contributed by atoms with Crippen LogP contribution in [0.25, 0.3) is 6.08 Å². The average Bonchev–Trinajstić information content (AvgIpc) is 2.74. The van der Waals surface area contributed by atoms with Crippen LogP contribution in [0.4, 0.5) is 5.69 Å². The summed E-state index contributed by atoms with van der Waals surface area (Å²) in [5.74, 6) is -1.01. The minimum absolute atomic E-state index is 0.370. The zero-order valence-corrected chi connectivity index (χ0v) is 16.4. The SMILES string of the molecule is O=C(COC(=O)/C=C/c1ccccc1Cl)Nc1ccccc1Cc1ccccc1. The third-order valence-corrected chi connectivity index (χ3v) is 4.52. The first kappa shape index (κ1) is 20.4. The Morgan fingerprint density at radius 2 is 1.59 bits per heavy atom.